The molecular formula is C26H41N3O2. The number of amides is 2. The molecule has 1 spiro atoms. The van der Waals surface area contributed by atoms with E-state index < -0.39 is 5.54 Å². The number of nitrogens with zero attached hydrogens (tertiary/aromatic N) is 2. The highest BCUT2D eigenvalue weighted by molar-refractivity contribution is 6.00. The molecule has 172 valence electrons. The second-order valence-corrected chi connectivity index (χ2v) is 9.33. The van der Waals surface area contributed by atoms with Gasteiger partial charge in [0, 0.05) is 19.6 Å². The van der Waals surface area contributed by atoms with Crippen LogP contribution in [-0.2, 0) is 16.0 Å². The maximum absolute atomic E-state index is 13.1. The molecule has 2 heterocycles. The SMILES string of the molecule is CCC[C@@H]1NC(=O)C2(CCN(CCCCCCc3ccccc3)CC2)N(CCC)C1=O. The molecule has 0 unspecified atom stereocenters. The van der Waals surface area contributed by atoms with Gasteiger partial charge in [0.15, 0.2) is 0 Å². The van der Waals surface area contributed by atoms with E-state index in [9.17, 15) is 9.59 Å². The molecule has 2 aliphatic rings. The minimum Gasteiger partial charge on any atom is -0.342 e. The number of unbranched alkanes of at least 4 members (excludes halogenated alkanes) is 3. The number of piperazine rings is 1. The maximum Gasteiger partial charge on any atom is 0.246 e. The van der Waals surface area contributed by atoms with Crippen molar-refractivity contribution >= 4 is 11.8 Å². The normalized spacial score (nSPS) is 21.5. The molecule has 0 aromatic heterocycles. The fourth-order valence-electron chi connectivity index (χ4n) is 5.21. The molecule has 5 heteroatoms. The second-order valence-electron chi connectivity index (χ2n) is 9.33. The molecule has 31 heavy (non-hydrogen) atoms. The third-order valence-corrected chi connectivity index (χ3v) is 7.05. The number of aryl methyl sites for hydroxylation is 1. The van der Waals surface area contributed by atoms with Crippen LogP contribution in [0.5, 0.6) is 0 Å². The summed E-state index contributed by atoms with van der Waals surface area (Å²) in [7, 11) is 0. The largest absolute Gasteiger partial charge is 0.342 e. The number of rotatable bonds is 11. The lowest BCUT2D eigenvalue weighted by molar-refractivity contribution is -0.161. The summed E-state index contributed by atoms with van der Waals surface area (Å²) in [5.41, 5.74) is 0.811. The Morgan fingerprint density at radius 3 is 2.32 bits per heavy atom. The van der Waals surface area contributed by atoms with Gasteiger partial charge in [0.1, 0.15) is 11.6 Å². The Hall–Kier alpha value is -1.88. The summed E-state index contributed by atoms with van der Waals surface area (Å²) >= 11 is 0. The summed E-state index contributed by atoms with van der Waals surface area (Å²) in [4.78, 5) is 30.6. The van der Waals surface area contributed by atoms with Gasteiger partial charge in [-0.1, -0.05) is 63.4 Å². The number of likely N-dealkylation sites (tertiary alicyclic amines) is 1. The van der Waals surface area contributed by atoms with Crippen LogP contribution >= 0.6 is 0 Å². The van der Waals surface area contributed by atoms with Crippen molar-refractivity contribution in [1.82, 2.24) is 15.1 Å². The molecule has 0 saturated carbocycles. The first-order valence-corrected chi connectivity index (χ1v) is 12.5. The number of carbonyl (C=O) groups excluding carboxylic acids is 2. The van der Waals surface area contributed by atoms with Crippen LogP contribution in [0.15, 0.2) is 30.3 Å². The number of hydrogen-bond donors (Lipinski definition) is 1. The van der Waals surface area contributed by atoms with Gasteiger partial charge in [0.25, 0.3) is 0 Å². The summed E-state index contributed by atoms with van der Waals surface area (Å²) < 4.78 is 0. The van der Waals surface area contributed by atoms with Crippen LogP contribution in [0, 0.1) is 0 Å². The van der Waals surface area contributed by atoms with Crippen molar-refractivity contribution < 1.29 is 9.59 Å². The van der Waals surface area contributed by atoms with Crippen molar-refractivity contribution in [3.8, 4) is 0 Å². The average molecular weight is 428 g/mol. The van der Waals surface area contributed by atoms with Gasteiger partial charge in [0.2, 0.25) is 11.8 Å². The Morgan fingerprint density at radius 1 is 0.935 bits per heavy atom. The zero-order valence-electron chi connectivity index (χ0n) is 19.6. The Kier molecular flexibility index (Phi) is 8.94. The third kappa shape index (κ3) is 5.88. The highest BCUT2D eigenvalue weighted by atomic mass is 16.2. The molecule has 2 amide bonds. The average Bonchev–Trinajstić information content (AvgIpc) is 2.79. The first kappa shape index (κ1) is 23.8. The molecule has 5 nitrogen and oxygen atoms in total. The first-order valence-electron chi connectivity index (χ1n) is 12.5. The van der Waals surface area contributed by atoms with E-state index in [1.54, 1.807) is 0 Å². The van der Waals surface area contributed by atoms with E-state index in [1.165, 1.54) is 37.7 Å². The maximum atomic E-state index is 13.1. The minimum absolute atomic E-state index is 0.0829. The van der Waals surface area contributed by atoms with Crippen LogP contribution in [0.1, 0.15) is 77.2 Å². The van der Waals surface area contributed by atoms with Gasteiger partial charge in [-0.05, 0) is 57.1 Å². The zero-order chi connectivity index (χ0) is 22.1. The van der Waals surface area contributed by atoms with Crippen LogP contribution in [0.2, 0.25) is 0 Å². The molecule has 2 saturated heterocycles. The monoisotopic (exact) mass is 427 g/mol. The standard InChI is InChI=1S/C26H41N3O2/c1-3-12-23-24(30)29(18-4-2)26(25(31)27-23)16-20-28(21-17-26)19-11-6-5-8-13-22-14-9-7-10-15-22/h7,9-10,14-15,23H,3-6,8,11-13,16-21H2,1-2H3,(H,27,31)/t23-/m0/s1. The molecule has 1 aromatic carbocycles. The summed E-state index contributed by atoms with van der Waals surface area (Å²) in [6, 6.07) is 10.4. The Balaban J connectivity index is 1.43. The van der Waals surface area contributed by atoms with Crippen molar-refractivity contribution in [3.05, 3.63) is 35.9 Å². The van der Waals surface area contributed by atoms with Gasteiger partial charge in [-0.2, -0.15) is 0 Å². The lowest BCUT2D eigenvalue weighted by Gasteiger charge is -2.51. The molecule has 1 N–H and O–H groups in total. The third-order valence-electron chi connectivity index (χ3n) is 7.05. The molecule has 0 radical (unpaired) electrons. The number of benzene rings is 1. The van der Waals surface area contributed by atoms with Crippen molar-refractivity contribution in [3.63, 3.8) is 0 Å². The lowest BCUT2D eigenvalue weighted by Crippen LogP contribution is -2.72. The quantitative estimate of drug-likeness (QED) is 0.540. The van der Waals surface area contributed by atoms with Gasteiger partial charge >= 0.3 is 0 Å². The molecule has 1 atom stereocenters. The fraction of sp³-hybridized carbons (Fsp3) is 0.692. The molecular weight excluding hydrogens is 386 g/mol. The first-order chi connectivity index (χ1) is 15.1. The highest BCUT2D eigenvalue weighted by Gasteiger charge is 2.52. The summed E-state index contributed by atoms with van der Waals surface area (Å²) in [6.45, 7) is 7.76. The van der Waals surface area contributed by atoms with Crippen LogP contribution in [0.4, 0.5) is 0 Å². The molecule has 0 aliphatic carbocycles. The number of nitrogens with one attached hydrogen (secondary N) is 1. The smallest absolute Gasteiger partial charge is 0.246 e. The summed E-state index contributed by atoms with van der Waals surface area (Å²) in [5.74, 6) is 0.217. The van der Waals surface area contributed by atoms with E-state index in [0.717, 1.165) is 51.7 Å². The van der Waals surface area contributed by atoms with Gasteiger partial charge < -0.3 is 15.1 Å². The Bertz CT molecular complexity index is 698. The predicted octanol–water partition coefficient (Wildman–Crippen LogP) is 4.16. The second kappa shape index (κ2) is 11.7. The minimum atomic E-state index is -0.622. The zero-order valence-corrected chi connectivity index (χ0v) is 19.6. The van der Waals surface area contributed by atoms with Crippen LogP contribution in [-0.4, -0.2) is 59.4 Å². The molecule has 2 aliphatic heterocycles. The van der Waals surface area contributed by atoms with Crippen molar-refractivity contribution in [2.75, 3.05) is 26.2 Å². The van der Waals surface area contributed by atoms with Gasteiger partial charge in [-0.15, -0.1) is 0 Å². The number of carbonyl (C=O) groups is 2. The fourth-order valence-corrected chi connectivity index (χ4v) is 5.21. The van der Waals surface area contributed by atoms with Gasteiger partial charge in [-0.3, -0.25) is 9.59 Å². The number of piperidine rings is 1. The van der Waals surface area contributed by atoms with Crippen LogP contribution in [0.25, 0.3) is 0 Å². The van der Waals surface area contributed by atoms with Crippen molar-refractivity contribution in [2.24, 2.45) is 0 Å². The predicted molar refractivity (Wildman–Crippen MR) is 126 cm³/mol. The number of hydrogen-bond acceptors (Lipinski definition) is 3. The van der Waals surface area contributed by atoms with E-state index in [1.807, 2.05) is 4.90 Å². The van der Waals surface area contributed by atoms with Crippen molar-refractivity contribution in [2.45, 2.75) is 89.6 Å². The van der Waals surface area contributed by atoms with Crippen molar-refractivity contribution in [1.29, 1.82) is 0 Å². The van der Waals surface area contributed by atoms with E-state index in [4.69, 9.17) is 0 Å². The topological polar surface area (TPSA) is 52.7 Å². The summed E-state index contributed by atoms with van der Waals surface area (Å²) in [5, 5.41) is 3.06. The summed E-state index contributed by atoms with van der Waals surface area (Å²) in [6.07, 6.45) is 10.2. The van der Waals surface area contributed by atoms with E-state index in [2.05, 4.69) is 54.4 Å². The molecule has 3 rings (SSSR count). The van der Waals surface area contributed by atoms with Gasteiger partial charge in [0.05, 0.1) is 0 Å². The molecule has 0 bridgehead atoms. The molecule has 1 aromatic rings. The molecule has 2 fully saturated rings. The van der Waals surface area contributed by atoms with E-state index >= 15 is 0 Å². The lowest BCUT2D eigenvalue weighted by atomic mass is 9.81. The van der Waals surface area contributed by atoms with E-state index in [0.29, 0.717) is 6.54 Å². The van der Waals surface area contributed by atoms with Gasteiger partial charge in [-0.25, -0.2) is 0 Å². The highest BCUT2D eigenvalue weighted by Crippen LogP contribution is 2.34. The van der Waals surface area contributed by atoms with Crippen LogP contribution in [0.3, 0.4) is 0 Å². The Labute approximate surface area is 188 Å². The Morgan fingerprint density at radius 2 is 1.65 bits per heavy atom. The van der Waals surface area contributed by atoms with E-state index in [-0.39, 0.29) is 17.9 Å². The van der Waals surface area contributed by atoms with Crippen LogP contribution < -0.4 is 5.32 Å².